The summed E-state index contributed by atoms with van der Waals surface area (Å²) in [5.41, 5.74) is 4.70. The second kappa shape index (κ2) is 8.74. The molecule has 1 aromatic carbocycles. The number of aromatic nitrogens is 1. The van der Waals surface area contributed by atoms with E-state index in [0.717, 1.165) is 28.9 Å². The van der Waals surface area contributed by atoms with Crippen LogP contribution < -0.4 is 15.5 Å². The number of hydrogen-bond donors (Lipinski definition) is 2. The minimum absolute atomic E-state index is 0.145. The highest BCUT2D eigenvalue weighted by Gasteiger charge is 2.18. The minimum atomic E-state index is 0.145. The van der Waals surface area contributed by atoms with Gasteiger partial charge in [-0.15, -0.1) is 0 Å². The fraction of sp³-hybridized carbons (Fsp3) is 0.250. The van der Waals surface area contributed by atoms with E-state index in [9.17, 15) is 10.1 Å². The monoisotopic (exact) mass is 397 g/mol. The molecule has 1 aliphatic rings. The van der Waals surface area contributed by atoms with Crippen LogP contribution in [0.25, 0.3) is 5.70 Å². The van der Waals surface area contributed by atoms with Crippen LogP contribution in [0.4, 0.5) is 17.1 Å². The van der Waals surface area contributed by atoms with E-state index >= 15 is 0 Å². The van der Waals surface area contributed by atoms with E-state index in [2.05, 4.69) is 21.7 Å². The average Bonchev–Trinajstić information content (AvgIpc) is 2.93. The number of pyridine rings is 1. The molecule has 2 aromatic rings. The van der Waals surface area contributed by atoms with Crippen molar-refractivity contribution in [3.63, 3.8) is 0 Å². The van der Waals surface area contributed by atoms with Crippen molar-refractivity contribution in [3.05, 3.63) is 52.3 Å². The molecule has 1 aromatic heterocycles. The molecule has 144 valence electrons. The smallest absolute Gasteiger partial charge is 0.150 e. The summed E-state index contributed by atoms with van der Waals surface area (Å²) in [5.74, 6) is 0. The number of anilines is 3. The SMILES string of the molecule is CN(C)c1ccc(Nc2ccnc(Cl)c2C#N)cc1C1=C(C=O)COCCN1. The number of carbonyl (C=O) groups is 1. The molecule has 0 atom stereocenters. The first kappa shape index (κ1) is 19.7. The van der Waals surface area contributed by atoms with Crippen molar-refractivity contribution in [2.45, 2.75) is 0 Å². The van der Waals surface area contributed by atoms with Gasteiger partial charge in [0.15, 0.2) is 0 Å². The van der Waals surface area contributed by atoms with Gasteiger partial charge in [-0.25, -0.2) is 4.98 Å². The fourth-order valence-corrected chi connectivity index (χ4v) is 3.18. The zero-order valence-electron chi connectivity index (χ0n) is 15.6. The number of nitrogens with zero attached hydrogens (tertiary/aromatic N) is 3. The number of hydrogen-bond acceptors (Lipinski definition) is 7. The van der Waals surface area contributed by atoms with Crippen LogP contribution in [-0.2, 0) is 9.53 Å². The molecular weight excluding hydrogens is 378 g/mol. The zero-order chi connectivity index (χ0) is 20.1. The Kier molecular flexibility index (Phi) is 6.14. The second-order valence-corrected chi connectivity index (χ2v) is 6.74. The number of rotatable bonds is 5. The Morgan fingerprint density at radius 3 is 2.93 bits per heavy atom. The van der Waals surface area contributed by atoms with E-state index in [1.807, 2.05) is 37.2 Å². The van der Waals surface area contributed by atoms with Crippen molar-refractivity contribution in [1.29, 1.82) is 5.26 Å². The number of carbonyl (C=O) groups excluding carboxylic acids is 1. The van der Waals surface area contributed by atoms with Crippen LogP contribution in [0, 0.1) is 11.3 Å². The van der Waals surface area contributed by atoms with Gasteiger partial charge in [-0.2, -0.15) is 5.26 Å². The molecule has 8 heteroatoms. The Bertz CT molecular complexity index is 966. The van der Waals surface area contributed by atoms with Crippen LogP contribution in [0.5, 0.6) is 0 Å². The lowest BCUT2D eigenvalue weighted by Crippen LogP contribution is -2.19. The predicted molar refractivity (Wildman–Crippen MR) is 110 cm³/mol. The van der Waals surface area contributed by atoms with Gasteiger partial charge in [0, 0.05) is 49.3 Å². The van der Waals surface area contributed by atoms with Crippen LogP contribution in [-0.4, -0.2) is 45.1 Å². The Hall–Kier alpha value is -3.08. The van der Waals surface area contributed by atoms with Gasteiger partial charge in [-0.1, -0.05) is 11.6 Å². The minimum Gasteiger partial charge on any atom is -0.382 e. The number of benzene rings is 1. The normalized spacial score (nSPS) is 13.9. The molecule has 0 spiro atoms. The highest BCUT2D eigenvalue weighted by molar-refractivity contribution is 6.31. The first-order valence-corrected chi connectivity index (χ1v) is 9.06. The van der Waals surface area contributed by atoms with Crippen LogP contribution in [0.1, 0.15) is 11.1 Å². The van der Waals surface area contributed by atoms with Crippen molar-refractivity contribution in [2.75, 3.05) is 44.1 Å². The van der Waals surface area contributed by atoms with Crippen molar-refractivity contribution in [3.8, 4) is 6.07 Å². The summed E-state index contributed by atoms with van der Waals surface area (Å²) in [7, 11) is 3.88. The summed E-state index contributed by atoms with van der Waals surface area (Å²) in [6.07, 6.45) is 2.36. The van der Waals surface area contributed by atoms with Crippen LogP contribution in [0.15, 0.2) is 36.0 Å². The maximum Gasteiger partial charge on any atom is 0.150 e. The van der Waals surface area contributed by atoms with Crippen LogP contribution in [0.3, 0.4) is 0 Å². The molecule has 0 saturated heterocycles. The van der Waals surface area contributed by atoms with Gasteiger partial charge in [0.25, 0.3) is 0 Å². The molecule has 0 aliphatic carbocycles. The highest BCUT2D eigenvalue weighted by Crippen LogP contribution is 2.32. The number of nitriles is 1. The Morgan fingerprint density at radius 1 is 1.39 bits per heavy atom. The molecule has 28 heavy (non-hydrogen) atoms. The van der Waals surface area contributed by atoms with E-state index < -0.39 is 0 Å². The van der Waals surface area contributed by atoms with Crippen LogP contribution in [0.2, 0.25) is 5.15 Å². The first-order chi connectivity index (χ1) is 13.5. The van der Waals surface area contributed by atoms with E-state index in [-0.39, 0.29) is 17.3 Å². The Morgan fingerprint density at radius 2 is 2.21 bits per heavy atom. The molecule has 1 aliphatic heterocycles. The maximum atomic E-state index is 11.6. The molecule has 2 N–H and O–H groups in total. The summed E-state index contributed by atoms with van der Waals surface area (Å²) < 4.78 is 5.48. The first-order valence-electron chi connectivity index (χ1n) is 8.68. The molecule has 0 saturated carbocycles. The topological polar surface area (TPSA) is 90.3 Å². The third kappa shape index (κ3) is 4.09. The number of aldehydes is 1. The molecule has 7 nitrogen and oxygen atoms in total. The molecule has 0 unspecified atom stereocenters. The highest BCUT2D eigenvalue weighted by atomic mass is 35.5. The molecular formula is C20H20ClN5O2. The number of nitrogens with one attached hydrogen (secondary N) is 2. The molecule has 2 heterocycles. The third-order valence-corrected chi connectivity index (χ3v) is 4.60. The van der Waals surface area contributed by atoms with Gasteiger partial charge in [0.05, 0.1) is 24.6 Å². The van der Waals surface area contributed by atoms with E-state index in [1.54, 1.807) is 6.07 Å². The summed E-state index contributed by atoms with van der Waals surface area (Å²) in [4.78, 5) is 17.5. The van der Waals surface area contributed by atoms with Crippen molar-refractivity contribution in [2.24, 2.45) is 0 Å². The number of halogens is 1. The fourth-order valence-electron chi connectivity index (χ4n) is 2.98. The summed E-state index contributed by atoms with van der Waals surface area (Å²) in [6, 6.07) is 9.55. The van der Waals surface area contributed by atoms with Crippen molar-refractivity contribution >= 4 is 40.6 Å². The molecule has 0 amide bonds. The van der Waals surface area contributed by atoms with Gasteiger partial charge >= 0.3 is 0 Å². The van der Waals surface area contributed by atoms with E-state index in [1.165, 1.54) is 6.20 Å². The second-order valence-electron chi connectivity index (χ2n) is 6.38. The lowest BCUT2D eigenvalue weighted by molar-refractivity contribution is -0.105. The van der Waals surface area contributed by atoms with Crippen molar-refractivity contribution < 1.29 is 9.53 Å². The van der Waals surface area contributed by atoms with Gasteiger partial charge in [-0.3, -0.25) is 4.79 Å². The predicted octanol–water partition coefficient (Wildman–Crippen LogP) is 2.95. The van der Waals surface area contributed by atoms with Crippen LogP contribution >= 0.6 is 11.6 Å². The molecule has 0 radical (unpaired) electrons. The van der Waals surface area contributed by atoms with Gasteiger partial charge in [0.1, 0.15) is 23.1 Å². The summed E-state index contributed by atoms with van der Waals surface area (Å²) in [6.45, 7) is 1.39. The van der Waals surface area contributed by atoms with Crippen molar-refractivity contribution in [1.82, 2.24) is 10.3 Å². The van der Waals surface area contributed by atoms with Gasteiger partial charge in [-0.05, 0) is 24.3 Å². The molecule has 0 fully saturated rings. The Balaban J connectivity index is 2.08. The Labute approximate surface area is 168 Å². The lowest BCUT2D eigenvalue weighted by atomic mass is 10.0. The quantitative estimate of drug-likeness (QED) is 0.592. The molecule has 0 bridgehead atoms. The van der Waals surface area contributed by atoms with E-state index in [0.29, 0.717) is 24.4 Å². The number of ether oxygens (including phenoxy) is 1. The average molecular weight is 398 g/mol. The van der Waals surface area contributed by atoms with Gasteiger partial charge in [0.2, 0.25) is 0 Å². The maximum absolute atomic E-state index is 11.6. The summed E-state index contributed by atoms with van der Waals surface area (Å²) >= 11 is 6.02. The van der Waals surface area contributed by atoms with Gasteiger partial charge < -0.3 is 20.3 Å². The zero-order valence-corrected chi connectivity index (χ0v) is 16.4. The lowest BCUT2D eigenvalue weighted by Gasteiger charge is -2.22. The largest absolute Gasteiger partial charge is 0.382 e. The summed E-state index contributed by atoms with van der Waals surface area (Å²) in [5, 5.41) is 16.0. The van der Waals surface area contributed by atoms with E-state index in [4.69, 9.17) is 16.3 Å². The third-order valence-electron chi connectivity index (χ3n) is 4.31. The molecule has 3 rings (SSSR count). The standard InChI is InChI=1S/C20H20ClN5O2/c1-26(2)18-4-3-14(25-17-5-6-24-20(21)16(17)10-22)9-15(18)19-13(11-27)12-28-8-7-23-19/h3-6,9,11,23H,7-8,12H2,1-2H3,(H,24,25).